The molecule has 1 fully saturated rings. The summed E-state index contributed by atoms with van der Waals surface area (Å²) < 4.78 is 1.09. The second-order valence-electron chi connectivity index (χ2n) is 4.17. The summed E-state index contributed by atoms with van der Waals surface area (Å²) in [5.41, 5.74) is 8.04. The highest BCUT2D eigenvalue weighted by molar-refractivity contribution is 9.10. The van der Waals surface area contributed by atoms with Crippen LogP contribution < -0.4 is 5.73 Å². The Balaban J connectivity index is 1.99. The Morgan fingerprint density at radius 1 is 1.33 bits per heavy atom. The Morgan fingerprint density at radius 3 is 2.67 bits per heavy atom. The fourth-order valence-electron chi connectivity index (χ4n) is 2.11. The molecule has 15 heavy (non-hydrogen) atoms. The summed E-state index contributed by atoms with van der Waals surface area (Å²) in [7, 11) is 0. The summed E-state index contributed by atoms with van der Waals surface area (Å²) in [4.78, 5) is 5.76. The van der Waals surface area contributed by atoms with E-state index in [1.807, 2.05) is 0 Å². The van der Waals surface area contributed by atoms with E-state index in [-0.39, 0.29) is 0 Å². The molecule has 4 heteroatoms. The van der Waals surface area contributed by atoms with Gasteiger partial charge in [-0.25, -0.2) is 0 Å². The van der Waals surface area contributed by atoms with E-state index in [1.54, 1.807) is 0 Å². The molecule has 0 amide bonds. The lowest BCUT2D eigenvalue weighted by atomic mass is 10.1. The highest BCUT2D eigenvalue weighted by Crippen LogP contribution is 2.21. The fraction of sp³-hybridized carbons (Fsp3) is 0.636. The quantitative estimate of drug-likeness (QED) is 0.886. The smallest absolute Gasteiger partial charge is 0.0868 e. The van der Waals surface area contributed by atoms with Gasteiger partial charge in [-0.05, 0) is 53.5 Å². The molecular weight excluding hydrogens is 254 g/mol. The van der Waals surface area contributed by atoms with Gasteiger partial charge in [0.25, 0.3) is 0 Å². The molecule has 84 valence electrons. The molecule has 0 unspecified atom stereocenters. The third-order valence-corrected chi connectivity index (χ3v) is 3.67. The summed E-state index contributed by atoms with van der Waals surface area (Å²) in [5, 5.41) is 0. The number of nitrogens with two attached hydrogens (primary N) is 1. The topological polar surface area (TPSA) is 45.0 Å². The number of halogens is 1. The van der Waals surface area contributed by atoms with Crippen LogP contribution in [0.5, 0.6) is 0 Å². The van der Waals surface area contributed by atoms with E-state index in [1.165, 1.54) is 37.9 Å². The van der Waals surface area contributed by atoms with Gasteiger partial charge in [-0.2, -0.15) is 0 Å². The molecule has 1 aliphatic rings. The fourth-order valence-corrected chi connectivity index (χ4v) is 2.61. The zero-order chi connectivity index (χ0) is 10.7. The van der Waals surface area contributed by atoms with Crippen molar-refractivity contribution >= 4 is 15.9 Å². The number of nitrogens with zero attached hydrogens (tertiary/aromatic N) is 1. The first-order chi connectivity index (χ1) is 7.29. The molecule has 0 saturated carbocycles. The van der Waals surface area contributed by atoms with Crippen molar-refractivity contribution in [3.05, 3.63) is 21.9 Å². The minimum atomic E-state index is 0.582. The molecule has 0 bridgehead atoms. The Bertz CT molecular complexity index is 316. The van der Waals surface area contributed by atoms with Crippen LogP contribution in [-0.4, -0.2) is 23.0 Å². The average Bonchev–Trinajstić information content (AvgIpc) is 2.61. The van der Waals surface area contributed by atoms with Gasteiger partial charge in [0.15, 0.2) is 0 Å². The lowest BCUT2D eigenvalue weighted by molar-refractivity contribution is 0.220. The molecule has 0 aliphatic carbocycles. The average molecular weight is 272 g/mol. The number of nitrogens with one attached hydrogen (secondary N) is 1. The molecule has 1 aromatic rings. The van der Waals surface area contributed by atoms with Crippen molar-refractivity contribution in [3.63, 3.8) is 0 Å². The number of hydrogen-bond acceptors (Lipinski definition) is 2. The van der Waals surface area contributed by atoms with Gasteiger partial charge in [0.1, 0.15) is 0 Å². The molecule has 3 N–H and O–H groups in total. The van der Waals surface area contributed by atoms with Gasteiger partial charge < -0.3 is 10.7 Å². The van der Waals surface area contributed by atoms with E-state index in [2.05, 4.69) is 31.9 Å². The van der Waals surface area contributed by atoms with E-state index < -0.39 is 0 Å². The van der Waals surface area contributed by atoms with E-state index in [0.29, 0.717) is 6.54 Å². The van der Waals surface area contributed by atoms with Gasteiger partial charge >= 0.3 is 0 Å². The van der Waals surface area contributed by atoms with Gasteiger partial charge in [0.2, 0.25) is 0 Å². The summed E-state index contributed by atoms with van der Waals surface area (Å²) in [5.74, 6) is 0. The Hall–Kier alpha value is -0.320. The second-order valence-corrected chi connectivity index (χ2v) is 4.97. The van der Waals surface area contributed by atoms with Crippen molar-refractivity contribution in [2.24, 2.45) is 5.73 Å². The van der Waals surface area contributed by atoms with Crippen LogP contribution in [0, 0.1) is 0 Å². The van der Waals surface area contributed by atoms with Crippen molar-refractivity contribution in [1.82, 2.24) is 9.88 Å². The molecule has 3 nitrogen and oxygen atoms in total. The van der Waals surface area contributed by atoms with Crippen LogP contribution in [0.15, 0.2) is 10.7 Å². The van der Waals surface area contributed by atoms with Crippen LogP contribution in [0.2, 0.25) is 0 Å². The molecule has 1 aromatic heterocycles. The number of aromatic nitrogens is 1. The van der Waals surface area contributed by atoms with Gasteiger partial charge in [-0.1, -0.05) is 6.42 Å². The van der Waals surface area contributed by atoms with Crippen molar-refractivity contribution < 1.29 is 0 Å². The number of piperidine rings is 1. The monoisotopic (exact) mass is 271 g/mol. The van der Waals surface area contributed by atoms with Crippen LogP contribution in [0.4, 0.5) is 0 Å². The zero-order valence-electron chi connectivity index (χ0n) is 8.93. The lowest BCUT2D eigenvalue weighted by Gasteiger charge is -2.26. The molecule has 0 atom stereocenters. The highest BCUT2D eigenvalue weighted by atomic mass is 79.9. The van der Waals surface area contributed by atoms with Gasteiger partial charge in [0.05, 0.1) is 4.60 Å². The molecule has 0 aromatic carbocycles. The summed E-state index contributed by atoms with van der Waals surface area (Å²) >= 11 is 3.55. The van der Waals surface area contributed by atoms with Gasteiger partial charge in [-0.3, -0.25) is 4.90 Å². The first-order valence-electron chi connectivity index (χ1n) is 5.58. The van der Waals surface area contributed by atoms with E-state index in [4.69, 9.17) is 5.73 Å². The lowest BCUT2D eigenvalue weighted by Crippen LogP contribution is -2.29. The summed E-state index contributed by atoms with van der Waals surface area (Å²) in [6, 6.07) is 2.17. The van der Waals surface area contributed by atoms with Gasteiger partial charge in [0, 0.05) is 18.8 Å². The molecule has 0 radical (unpaired) electrons. The number of H-pyrrole nitrogens is 1. The third kappa shape index (κ3) is 2.83. The van der Waals surface area contributed by atoms with Crippen molar-refractivity contribution in [1.29, 1.82) is 0 Å². The van der Waals surface area contributed by atoms with Crippen molar-refractivity contribution in [3.8, 4) is 0 Å². The highest BCUT2D eigenvalue weighted by Gasteiger charge is 2.13. The van der Waals surface area contributed by atoms with Crippen LogP contribution in [0.3, 0.4) is 0 Å². The zero-order valence-corrected chi connectivity index (χ0v) is 10.5. The summed E-state index contributed by atoms with van der Waals surface area (Å²) in [6.45, 7) is 4.08. The standard InChI is InChI=1S/C11H18BrN3/c12-11-9(6-10(7-13)14-11)8-15-4-2-1-3-5-15/h6,14H,1-5,7-8,13H2. The SMILES string of the molecule is NCc1cc(CN2CCCCC2)c(Br)[nH]1. The maximum absolute atomic E-state index is 5.60. The Morgan fingerprint density at radius 2 is 2.07 bits per heavy atom. The summed E-state index contributed by atoms with van der Waals surface area (Å²) in [6.07, 6.45) is 4.07. The van der Waals surface area contributed by atoms with Gasteiger partial charge in [-0.15, -0.1) is 0 Å². The first-order valence-corrected chi connectivity index (χ1v) is 6.37. The molecule has 2 heterocycles. The predicted octanol–water partition coefficient (Wildman–Crippen LogP) is 2.22. The molecule has 1 aliphatic heterocycles. The first kappa shape index (κ1) is 11.2. The Kier molecular flexibility index (Phi) is 3.83. The maximum Gasteiger partial charge on any atom is 0.0868 e. The second kappa shape index (κ2) is 5.14. The number of hydrogen-bond donors (Lipinski definition) is 2. The molecule has 2 rings (SSSR count). The molecule has 0 spiro atoms. The molecule has 1 saturated heterocycles. The number of likely N-dealkylation sites (tertiary alicyclic amines) is 1. The third-order valence-electron chi connectivity index (χ3n) is 2.96. The minimum absolute atomic E-state index is 0.582. The molecular formula is C11H18BrN3. The normalized spacial score (nSPS) is 18.3. The van der Waals surface area contributed by atoms with Crippen LogP contribution >= 0.6 is 15.9 Å². The van der Waals surface area contributed by atoms with Crippen molar-refractivity contribution in [2.45, 2.75) is 32.4 Å². The van der Waals surface area contributed by atoms with Crippen molar-refractivity contribution in [2.75, 3.05) is 13.1 Å². The van der Waals surface area contributed by atoms with E-state index >= 15 is 0 Å². The van der Waals surface area contributed by atoms with Crippen LogP contribution in [-0.2, 0) is 13.1 Å². The van der Waals surface area contributed by atoms with Crippen LogP contribution in [0.1, 0.15) is 30.5 Å². The minimum Gasteiger partial charge on any atom is -0.352 e. The van der Waals surface area contributed by atoms with E-state index in [9.17, 15) is 0 Å². The number of rotatable bonds is 3. The van der Waals surface area contributed by atoms with Crippen LogP contribution in [0.25, 0.3) is 0 Å². The largest absolute Gasteiger partial charge is 0.352 e. The maximum atomic E-state index is 5.60. The Labute approximate surface area is 99.2 Å². The number of aromatic amines is 1. The van der Waals surface area contributed by atoms with E-state index in [0.717, 1.165) is 16.8 Å². The predicted molar refractivity (Wildman–Crippen MR) is 65.5 cm³/mol.